The minimum atomic E-state index is -0.441. The third-order valence-electron chi connectivity index (χ3n) is 5.79. The monoisotopic (exact) mass is 431 g/mol. The van der Waals surface area contributed by atoms with Crippen molar-refractivity contribution in [2.45, 2.75) is 13.0 Å². The minimum Gasteiger partial charge on any atom is -0.369 e. The molecule has 1 fully saturated rings. The third-order valence-corrected chi connectivity index (χ3v) is 5.79. The predicted molar refractivity (Wildman–Crippen MR) is 124 cm³/mol. The first-order chi connectivity index (χ1) is 15.5. The highest BCUT2D eigenvalue weighted by atomic mass is 19.1. The number of nitrogens with one attached hydrogen (secondary N) is 1. The second-order valence-electron chi connectivity index (χ2n) is 7.94. The standard InChI is InChI=1S/C26H26FN3O2/c1-19(31)20-7-13-24(14-8-20)29-15-17-30(18-16-29)25(21-5-3-2-4-6-21)26(32)28-23-11-9-22(27)10-12-23/h2-14,25H,15-18H2,1H3,(H,28,32). The number of carbonyl (C=O) groups is 2. The summed E-state index contributed by atoms with van der Waals surface area (Å²) in [5, 5.41) is 2.93. The molecule has 0 saturated carbocycles. The summed E-state index contributed by atoms with van der Waals surface area (Å²) < 4.78 is 13.2. The number of halogens is 1. The quantitative estimate of drug-likeness (QED) is 0.583. The Bertz CT molecular complexity index is 1060. The number of piperazine rings is 1. The van der Waals surface area contributed by atoms with E-state index < -0.39 is 6.04 Å². The largest absolute Gasteiger partial charge is 0.369 e. The minimum absolute atomic E-state index is 0.0549. The lowest BCUT2D eigenvalue weighted by Gasteiger charge is -2.39. The maximum atomic E-state index is 13.3. The van der Waals surface area contributed by atoms with Gasteiger partial charge in [0.15, 0.2) is 5.78 Å². The maximum Gasteiger partial charge on any atom is 0.246 e. The van der Waals surface area contributed by atoms with Crippen LogP contribution in [0.3, 0.4) is 0 Å². The number of amides is 1. The van der Waals surface area contributed by atoms with Gasteiger partial charge in [0, 0.05) is 43.1 Å². The van der Waals surface area contributed by atoms with Crippen LogP contribution in [0.15, 0.2) is 78.9 Å². The molecule has 1 saturated heterocycles. The molecule has 3 aromatic rings. The number of benzene rings is 3. The molecule has 1 heterocycles. The molecule has 1 aliphatic heterocycles. The smallest absolute Gasteiger partial charge is 0.246 e. The van der Waals surface area contributed by atoms with Crippen LogP contribution in [0.25, 0.3) is 0 Å². The van der Waals surface area contributed by atoms with Crippen LogP contribution >= 0.6 is 0 Å². The topological polar surface area (TPSA) is 52.7 Å². The molecule has 32 heavy (non-hydrogen) atoms. The number of hydrogen-bond acceptors (Lipinski definition) is 4. The van der Waals surface area contributed by atoms with Crippen LogP contribution < -0.4 is 10.2 Å². The first-order valence-electron chi connectivity index (χ1n) is 10.7. The molecule has 0 aromatic heterocycles. The molecule has 0 aliphatic carbocycles. The molecule has 6 heteroatoms. The van der Waals surface area contributed by atoms with Crippen molar-refractivity contribution in [3.8, 4) is 0 Å². The summed E-state index contributed by atoms with van der Waals surface area (Å²) in [5.74, 6) is -0.420. The van der Waals surface area contributed by atoms with Gasteiger partial charge in [-0.15, -0.1) is 0 Å². The summed E-state index contributed by atoms with van der Waals surface area (Å²) in [7, 11) is 0. The molecule has 0 bridgehead atoms. The number of anilines is 2. The van der Waals surface area contributed by atoms with Gasteiger partial charge < -0.3 is 10.2 Å². The van der Waals surface area contributed by atoms with E-state index >= 15 is 0 Å². The van der Waals surface area contributed by atoms with E-state index in [4.69, 9.17) is 0 Å². The van der Waals surface area contributed by atoms with Gasteiger partial charge in [-0.1, -0.05) is 30.3 Å². The van der Waals surface area contributed by atoms with Gasteiger partial charge in [-0.3, -0.25) is 14.5 Å². The highest BCUT2D eigenvalue weighted by molar-refractivity contribution is 5.95. The molecular formula is C26H26FN3O2. The summed E-state index contributed by atoms with van der Waals surface area (Å²) in [6, 6.07) is 22.7. The third kappa shape index (κ3) is 5.03. The summed E-state index contributed by atoms with van der Waals surface area (Å²) in [5.41, 5.74) is 3.27. The Morgan fingerprint density at radius 1 is 0.844 bits per heavy atom. The van der Waals surface area contributed by atoms with Gasteiger partial charge in [0.1, 0.15) is 11.9 Å². The van der Waals surface area contributed by atoms with Crippen molar-refractivity contribution in [3.63, 3.8) is 0 Å². The first-order valence-corrected chi connectivity index (χ1v) is 10.7. The van der Waals surface area contributed by atoms with Crippen molar-refractivity contribution >= 4 is 23.1 Å². The summed E-state index contributed by atoms with van der Waals surface area (Å²) >= 11 is 0. The van der Waals surface area contributed by atoms with E-state index in [1.165, 1.54) is 12.1 Å². The lowest BCUT2D eigenvalue weighted by Crippen LogP contribution is -2.50. The van der Waals surface area contributed by atoms with Crippen molar-refractivity contribution < 1.29 is 14.0 Å². The number of carbonyl (C=O) groups excluding carboxylic acids is 2. The fourth-order valence-corrected chi connectivity index (χ4v) is 4.05. The molecule has 4 rings (SSSR count). The Morgan fingerprint density at radius 2 is 1.47 bits per heavy atom. The van der Waals surface area contributed by atoms with Gasteiger partial charge in [-0.05, 0) is 61.0 Å². The molecule has 0 radical (unpaired) electrons. The van der Waals surface area contributed by atoms with Crippen LogP contribution in [-0.2, 0) is 4.79 Å². The molecule has 164 valence electrons. The summed E-state index contributed by atoms with van der Waals surface area (Å²) in [6.07, 6.45) is 0. The van der Waals surface area contributed by atoms with E-state index in [-0.39, 0.29) is 17.5 Å². The van der Waals surface area contributed by atoms with Crippen LogP contribution in [0, 0.1) is 5.82 Å². The molecule has 1 amide bonds. The zero-order valence-corrected chi connectivity index (χ0v) is 18.0. The van der Waals surface area contributed by atoms with Gasteiger partial charge in [0.25, 0.3) is 0 Å². The van der Waals surface area contributed by atoms with Gasteiger partial charge >= 0.3 is 0 Å². The highest BCUT2D eigenvalue weighted by Gasteiger charge is 2.30. The Hall–Kier alpha value is -3.51. The Kier molecular flexibility index (Phi) is 6.61. The van der Waals surface area contributed by atoms with Crippen LogP contribution in [0.4, 0.5) is 15.8 Å². The number of nitrogens with zero attached hydrogens (tertiary/aromatic N) is 2. The average Bonchev–Trinajstić information content (AvgIpc) is 2.82. The van der Waals surface area contributed by atoms with E-state index in [0.717, 1.165) is 24.3 Å². The van der Waals surface area contributed by atoms with E-state index in [1.807, 2.05) is 54.6 Å². The molecule has 1 unspecified atom stereocenters. The lowest BCUT2D eigenvalue weighted by molar-refractivity contribution is -0.121. The Morgan fingerprint density at radius 3 is 2.06 bits per heavy atom. The summed E-state index contributed by atoms with van der Waals surface area (Å²) in [4.78, 5) is 29.2. The fourth-order valence-electron chi connectivity index (χ4n) is 4.05. The van der Waals surface area contributed by atoms with Gasteiger partial charge in [0.2, 0.25) is 5.91 Å². The van der Waals surface area contributed by atoms with Crippen LogP contribution in [-0.4, -0.2) is 42.8 Å². The number of rotatable bonds is 6. The van der Waals surface area contributed by atoms with Crippen molar-refractivity contribution in [2.24, 2.45) is 0 Å². The SMILES string of the molecule is CC(=O)c1ccc(N2CCN(C(C(=O)Nc3ccc(F)cc3)c3ccccc3)CC2)cc1. The van der Waals surface area contributed by atoms with Crippen LogP contribution in [0.2, 0.25) is 0 Å². The number of hydrogen-bond donors (Lipinski definition) is 1. The normalized spacial score (nSPS) is 15.2. The molecule has 3 aromatic carbocycles. The lowest BCUT2D eigenvalue weighted by atomic mass is 10.0. The van der Waals surface area contributed by atoms with Crippen molar-refractivity contribution in [3.05, 3.63) is 95.8 Å². The predicted octanol–water partition coefficient (Wildman–Crippen LogP) is 4.53. The molecule has 1 aliphatic rings. The van der Waals surface area contributed by atoms with Gasteiger partial charge in [0.05, 0.1) is 0 Å². The zero-order chi connectivity index (χ0) is 22.5. The van der Waals surface area contributed by atoms with Crippen molar-refractivity contribution in [2.75, 3.05) is 36.4 Å². The number of ketones is 1. The highest BCUT2D eigenvalue weighted by Crippen LogP contribution is 2.26. The van der Waals surface area contributed by atoms with Crippen molar-refractivity contribution in [1.82, 2.24) is 4.90 Å². The van der Waals surface area contributed by atoms with E-state index in [2.05, 4.69) is 15.1 Å². The van der Waals surface area contributed by atoms with E-state index in [1.54, 1.807) is 19.1 Å². The molecule has 5 nitrogen and oxygen atoms in total. The van der Waals surface area contributed by atoms with Gasteiger partial charge in [-0.25, -0.2) is 4.39 Å². The fraction of sp³-hybridized carbons (Fsp3) is 0.231. The molecule has 0 spiro atoms. The summed E-state index contributed by atoms with van der Waals surface area (Å²) in [6.45, 7) is 4.53. The molecule has 1 atom stereocenters. The van der Waals surface area contributed by atoms with E-state index in [0.29, 0.717) is 24.3 Å². The van der Waals surface area contributed by atoms with Crippen LogP contribution in [0.5, 0.6) is 0 Å². The Balaban J connectivity index is 1.48. The number of Topliss-reactive ketones (excluding diaryl/α,β-unsaturated/α-hetero) is 1. The molecular weight excluding hydrogens is 405 g/mol. The zero-order valence-electron chi connectivity index (χ0n) is 18.0. The Labute approximate surface area is 187 Å². The van der Waals surface area contributed by atoms with Gasteiger partial charge in [-0.2, -0.15) is 0 Å². The second-order valence-corrected chi connectivity index (χ2v) is 7.94. The maximum absolute atomic E-state index is 13.3. The second kappa shape index (κ2) is 9.75. The van der Waals surface area contributed by atoms with Crippen LogP contribution in [0.1, 0.15) is 28.9 Å². The first kappa shape index (κ1) is 21.7. The van der Waals surface area contributed by atoms with Crippen molar-refractivity contribution in [1.29, 1.82) is 0 Å². The average molecular weight is 432 g/mol. The molecule has 1 N–H and O–H groups in total. The van der Waals surface area contributed by atoms with E-state index in [9.17, 15) is 14.0 Å².